The molecule has 7 nitrogen and oxygen atoms in total. The molecular formula is C21H25ClN2O5S. The van der Waals surface area contributed by atoms with E-state index in [1.54, 1.807) is 0 Å². The molecule has 9 heteroatoms. The summed E-state index contributed by atoms with van der Waals surface area (Å²) >= 11 is 6.08. The van der Waals surface area contributed by atoms with Crippen molar-refractivity contribution in [2.75, 3.05) is 20.3 Å². The zero-order valence-electron chi connectivity index (χ0n) is 16.6. The van der Waals surface area contributed by atoms with Gasteiger partial charge in [-0.2, -0.15) is 4.72 Å². The number of hydrogen-bond acceptors (Lipinski definition) is 5. The highest BCUT2D eigenvalue weighted by Crippen LogP contribution is 2.27. The fraction of sp³-hybridized carbons (Fsp3) is 0.381. The van der Waals surface area contributed by atoms with E-state index in [1.165, 1.54) is 25.3 Å². The summed E-state index contributed by atoms with van der Waals surface area (Å²) < 4.78 is 39.0. The second-order valence-corrected chi connectivity index (χ2v) is 9.16. The van der Waals surface area contributed by atoms with E-state index in [9.17, 15) is 13.2 Å². The smallest absolute Gasteiger partial charge is 0.241 e. The predicted octanol–water partition coefficient (Wildman–Crippen LogP) is 2.53. The van der Waals surface area contributed by atoms with Gasteiger partial charge in [0, 0.05) is 13.2 Å². The maximum atomic E-state index is 12.9. The SMILES string of the molecule is COc1ccc(S(=O)(=O)N[C@@H](Cc2ccccc2)C(=O)NC[C@H]2CCCO2)cc1Cl. The number of benzene rings is 2. The van der Waals surface area contributed by atoms with Gasteiger partial charge in [-0.05, 0) is 43.0 Å². The minimum Gasteiger partial charge on any atom is -0.495 e. The Hall–Kier alpha value is -2.13. The molecule has 0 aliphatic carbocycles. The maximum Gasteiger partial charge on any atom is 0.241 e. The summed E-state index contributed by atoms with van der Waals surface area (Å²) in [5.41, 5.74) is 0.838. The molecule has 162 valence electrons. The van der Waals surface area contributed by atoms with Crippen LogP contribution in [0.15, 0.2) is 53.4 Å². The van der Waals surface area contributed by atoms with Crippen molar-refractivity contribution in [2.24, 2.45) is 0 Å². The van der Waals surface area contributed by atoms with Crippen LogP contribution < -0.4 is 14.8 Å². The first kappa shape index (κ1) is 22.6. The van der Waals surface area contributed by atoms with Crippen molar-refractivity contribution < 1.29 is 22.7 Å². The fourth-order valence-corrected chi connectivity index (χ4v) is 4.79. The van der Waals surface area contributed by atoms with E-state index in [1.807, 2.05) is 30.3 Å². The van der Waals surface area contributed by atoms with Crippen LogP contribution in [0.1, 0.15) is 18.4 Å². The average Bonchev–Trinajstić information content (AvgIpc) is 3.26. The standard InChI is InChI=1S/C21H25ClN2O5S/c1-28-20-10-9-17(13-18(20)22)30(26,27)24-19(12-15-6-3-2-4-7-15)21(25)23-14-16-8-5-11-29-16/h2-4,6-7,9-10,13,16,19,24H,5,8,11-12,14H2,1H3,(H,23,25)/t16-,19+/m1/s1. The van der Waals surface area contributed by atoms with Gasteiger partial charge in [0.05, 0.1) is 23.1 Å². The zero-order chi connectivity index (χ0) is 21.6. The molecule has 1 heterocycles. The predicted molar refractivity (Wildman–Crippen MR) is 114 cm³/mol. The van der Waals surface area contributed by atoms with Gasteiger partial charge < -0.3 is 14.8 Å². The average molecular weight is 453 g/mol. The Balaban J connectivity index is 1.77. The summed E-state index contributed by atoms with van der Waals surface area (Å²) in [5, 5.41) is 2.98. The molecule has 1 aliphatic heterocycles. The van der Waals surface area contributed by atoms with Gasteiger partial charge in [-0.3, -0.25) is 4.79 Å². The second kappa shape index (κ2) is 10.3. The lowest BCUT2D eigenvalue weighted by atomic mass is 10.1. The number of carbonyl (C=O) groups is 1. The summed E-state index contributed by atoms with van der Waals surface area (Å²) in [6.45, 7) is 1.03. The number of amides is 1. The summed E-state index contributed by atoms with van der Waals surface area (Å²) in [4.78, 5) is 12.8. The first-order valence-electron chi connectivity index (χ1n) is 9.68. The van der Waals surface area contributed by atoms with Crippen LogP contribution in [-0.2, 0) is 26.0 Å². The van der Waals surface area contributed by atoms with Gasteiger partial charge >= 0.3 is 0 Å². The van der Waals surface area contributed by atoms with Gasteiger partial charge in [0.1, 0.15) is 11.8 Å². The van der Waals surface area contributed by atoms with Crippen molar-refractivity contribution in [3.8, 4) is 5.75 Å². The van der Waals surface area contributed by atoms with Crippen LogP contribution in [-0.4, -0.2) is 46.7 Å². The molecule has 0 aromatic heterocycles. The Morgan fingerprint density at radius 2 is 2.03 bits per heavy atom. The first-order chi connectivity index (χ1) is 14.4. The monoisotopic (exact) mass is 452 g/mol. The van der Waals surface area contributed by atoms with E-state index in [0.717, 1.165) is 18.4 Å². The fourth-order valence-electron chi connectivity index (χ4n) is 3.25. The van der Waals surface area contributed by atoms with Gasteiger partial charge in [0.2, 0.25) is 15.9 Å². The van der Waals surface area contributed by atoms with Crippen molar-refractivity contribution >= 4 is 27.5 Å². The quantitative estimate of drug-likeness (QED) is 0.609. The van der Waals surface area contributed by atoms with Crippen LogP contribution in [0.25, 0.3) is 0 Å². The summed E-state index contributed by atoms with van der Waals surface area (Å²) in [6.07, 6.45) is 2.00. The molecule has 2 aromatic carbocycles. The third-order valence-corrected chi connectivity index (χ3v) is 6.62. The van der Waals surface area contributed by atoms with E-state index in [0.29, 0.717) is 18.9 Å². The Morgan fingerprint density at radius 3 is 2.67 bits per heavy atom. The summed E-state index contributed by atoms with van der Waals surface area (Å²) in [6, 6.07) is 12.4. The maximum absolute atomic E-state index is 12.9. The number of nitrogens with one attached hydrogen (secondary N) is 2. The van der Waals surface area contributed by atoms with E-state index < -0.39 is 22.0 Å². The Labute approximate surface area is 181 Å². The molecule has 0 spiro atoms. The van der Waals surface area contributed by atoms with Gasteiger partial charge in [-0.25, -0.2) is 8.42 Å². The minimum atomic E-state index is -3.99. The highest BCUT2D eigenvalue weighted by Gasteiger charge is 2.27. The number of rotatable bonds is 9. The molecule has 2 N–H and O–H groups in total. The molecule has 2 aromatic rings. The van der Waals surface area contributed by atoms with Crippen molar-refractivity contribution in [1.29, 1.82) is 0 Å². The molecule has 30 heavy (non-hydrogen) atoms. The van der Waals surface area contributed by atoms with Gasteiger partial charge in [0.15, 0.2) is 0 Å². The van der Waals surface area contributed by atoms with Crippen LogP contribution in [0.2, 0.25) is 5.02 Å². The second-order valence-electron chi connectivity index (χ2n) is 7.04. The first-order valence-corrected chi connectivity index (χ1v) is 11.5. The molecule has 0 unspecified atom stereocenters. The van der Waals surface area contributed by atoms with Crippen molar-refractivity contribution in [2.45, 2.75) is 36.3 Å². The molecular weight excluding hydrogens is 428 g/mol. The van der Waals surface area contributed by atoms with Crippen LogP contribution in [0.4, 0.5) is 0 Å². The molecule has 1 saturated heterocycles. The highest BCUT2D eigenvalue weighted by molar-refractivity contribution is 7.89. The summed E-state index contributed by atoms with van der Waals surface area (Å²) in [5.74, 6) is -0.0386. The number of halogens is 1. The molecule has 0 radical (unpaired) electrons. The lowest BCUT2D eigenvalue weighted by molar-refractivity contribution is -0.123. The Kier molecular flexibility index (Phi) is 7.71. The highest BCUT2D eigenvalue weighted by atomic mass is 35.5. The number of carbonyl (C=O) groups excluding carboxylic acids is 1. The summed E-state index contributed by atoms with van der Waals surface area (Å²) in [7, 11) is -2.55. The Morgan fingerprint density at radius 1 is 1.27 bits per heavy atom. The van der Waals surface area contributed by atoms with Gasteiger partial charge in [-0.15, -0.1) is 0 Å². The van der Waals surface area contributed by atoms with Crippen molar-refractivity contribution in [3.63, 3.8) is 0 Å². The molecule has 1 fully saturated rings. The van der Waals surface area contributed by atoms with Crippen molar-refractivity contribution in [1.82, 2.24) is 10.0 Å². The molecule has 3 rings (SSSR count). The number of sulfonamides is 1. The normalized spacial score (nSPS) is 17.5. The molecule has 0 bridgehead atoms. The minimum absolute atomic E-state index is 0.0386. The molecule has 0 saturated carbocycles. The largest absolute Gasteiger partial charge is 0.495 e. The number of methoxy groups -OCH3 is 1. The van der Waals surface area contributed by atoms with E-state index in [4.69, 9.17) is 21.1 Å². The van der Waals surface area contributed by atoms with Crippen LogP contribution in [0.5, 0.6) is 5.75 Å². The van der Waals surface area contributed by atoms with Crippen LogP contribution in [0, 0.1) is 0 Å². The van der Waals surface area contributed by atoms with Gasteiger partial charge in [-0.1, -0.05) is 41.9 Å². The molecule has 1 amide bonds. The third kappa shape index (κ3) is 5.95. The molecule has 2 atom stereocenters. The Bertz CT molecular complexity index is 963. The van der Waals surface area contributed by atoms with E-state index >= 15 is 0 Å². The van der Waals surface area contributed by atoms with E-state index in [-0.39, 0.29) is 22.4 Å². The van der Waals surface area contributed by atoms with Crippen LogP contribution in [0.3, 0.4) is 0 Å². The zero-order valence-corrected chi connectivity index (χ0v) is 18.2. The lowest BCUT2D eigenvalue weighted by Gasteiger charge is -2.20. The third-order valence-electron chi connectivity index (χ3n) is 4.86. The van der Waals surface area contributed by atoms with E-state index in [2.05, 4.69) is 10.0 Å². The van der Waals surface area contributed by atoms with Crippen molar-refractivity contribution in [3.05, 3.63) is 59.1 Å². The number of ether oxygens (including phenoxy) is 2. The van der Waals surface area contributed by atoms with Gasteiger partial charge in [0.25, 0.3) is 0 Å². The molecule has 1 aliphatic rings. The topological polar surface area (TPSA) is 93.7 Å². The van der Waals surface area contributed by atoms with Crippen LogP contribution >= 0.6 is 11.6 Å². The number of hydrogen-bond donors (Lipinski definition) is 2. The lowest BCUT2D eigenvalue weighted by Crippen LogP contribution is -2.49.